The Balaban J connectivity index is 1.64. The maximum Gasteiger partial charge on any atom is 0.404 e. The van der Waals surface area contributed by atoms with E-state index in [1.807, 2.05) is 6.07 Å². The number of aromatic nitrogens is 5. The van der Waals surface area contributed by atoms with Crippen molar-refractivity contribution in [1.29, 1.82) is 5.26 Å². The standard InChI is InChI=1S/C21H22FN9O3/c1-11(26-21(32)33)17(12-3-4-12)28-19-15(22)7-13(9-23)18(29-19)27-14-8-16(20(34-2)24-10-14)31-6-5-25-30-31/h5-8,10-12,17,26H,3-4H2,1-2H3,(H,32,33)(H2,27,28,29)/t11-,17-/m0/s1. The fraction of sp³-hybridized carbons (Fsp3) is 0.333. The first-order valence-corrected chi connectivity index (χ1v) is 10.4. The SMILES string of the molecule is COc1ncc(Nc2nc(N[C@H](C3CC3)[C@H](C)NC(=O)O)c(F)cc2C#N)cc1-n1ccnn1. The third-order valence-corrected chi connectivity index (χ3v) is 5.38. The molecule has 1 amide bonds. The Kier molecular flexibility index (Phi) is 6.39. The van der Waals surface area contributed by atoms with E-state index in [0.717, 1.165) is 18.9 Å². The molecule has 1 aliphatic carbocycles. The Bertz CT molecular complexity index is 1220. The maximum absolute atomic E-state index is 14.8. The van der Waals surface area contributed by atoms with E-state index in [9.17, 15) is 14.4 Å². The van der Waals surface area contributed by atoms with E-state index in [-0.39, 0.29) is 29.2 Å². The molecule has 34 heavy (non-hydrogen) atoms. The first-order chi connectivity index (χ1) is 16.4. The van der Waals surface area contributed by atoms with Crippen LogP contribution in [0.3, 0.4) is 0 Å². The zero-order valence-electron chi connectivity index (χ0n) is 18.4. The van der Waals surface area contributed by atoms with Crippen molar-refractivity contribution < 1.29 is 19.0 Å². The smallest absolute Gasteiger partial charge is 0.404 e. The number of nitrogens with zero attached hydrogens (tertiary/aromatic N) is 6. The molecule has 0 radical (unpaired) electrons. The highest BCUT2D eigenvalue weighted by atomic mass is 19.1. The van der Waals surface area contributed by atoms with E-state index in [1.165, 1.54) is 24.2 Å². The van der Waals surface area contributed by atoms with Gasteiger partial charge >= 0.3 is 6.09 Å². The lowest BCUT2D eigenvalue weighted by Gasteiger charge is -2.26. The van der Waals surface area contributed by atoms with Crippen molar-refractivity contribution in [3.05, 3.63) is 42.1 Å². The number of methoxy groups -OCH3 is 1. The van der Waals surface area contributed by atoms with Gasteiger partial charge in [-0.3, -0.25) is 0 Å². The fourth-order valence-electron chi connectivity index (χ4n) is 3.62. The average molecular weight is 467 g/mol. The minimum atomic E-state index is -1.16. The zero-order valence-corrected chi connectivity index (χ0v) is 18.4. The van der Waals surface area contributed by atoms with E-state index in [4.69, 9.17) is 9.84 Å². The summed E-state index contributed by atoms with van der Waals surface area (Å²) in [5.41, 5.74) is 0.930. The quantitative estimate of drug-likeness (QED) is 0.368. The summed E-state index contributed by atoms with van der Waals surface area (Å²) in [4.78, 5) is 19.6. The van der Waals surface area contributed by atoms with Crippen molar-refractivity contribution in [3.63, 3.8) is 0 Å². The number of pyridine rings is 2. The van der Waals surface area contributed by atoms with Gasteiger partial charge in [0.2, 0.25) is 5.88 Å². The summed E-state index contributed by atoms with van der Waals surface area (Å²) >= 11 is 0. The predicted molar refractivity (Wildman–Crippen MR) is 119 cm³/mol. The third kappa shape index (κ3) is 4.96. The van der Waals surface area contributed by atoms with E-state index < -0.39 is 18.0 Å². The number of hydrogen-bond donors (Lipinski definition) is 4. The van der Waals surface area contributed by atoms with Crippen LogP contribution in [0, 0.1) is 23.1 Å². The monoisotopic (exact) mass is 467 g/mol. The summed E-state index contributed by atoms with van der Waals surface area (Å²) in [6.45, 7) is 1.71. The summed E-state index contributed by atoms with van der Waals surface area (Å²) in [6, 6.07) is 3.84. The molecule has 3 aromatic heterocycles. The van der Waals surface area contributed by atoms with E-state index in [2.05, 4.69) is 36.2 Å². The van der Waals surface area contributed by atoms with Crippen LogP contribution in [-0.4, -0.2) is 55.4 Å². The van der Waals surface area contributed by atoms with Crippen LogP contribution >= 0.6 is 0 Å². The zero-order chi connectivity index (χ0) is 24.2. The van der Waals surface area contributed by atoms with Gasteiger partial charge in [-0.1, -0.05) is 5.21 Å². The molecular formula is C21H22FN9O3. The van der Waals surface area contributed by atoms with Crippen LogP contribution in [0.15, 0.2) is 30.7 Å². The second kappa shape index (κ2) is 9.57. The van der Waals surface area contributed by atoms with Gasteiger partial charge in [-0.15, -0.1) is 5.10 Å². The average Bonchev–Trinajstić information content (AvgIpc) is 3.50. The number of hydrogen-bond acceptors (Lipinski definition) is 9. The van der Waals surface area contributed by atoms with Crippen molar-refractivity contribution in [1.82, 2.24) is 30.3 Å². The molecule has 1 saturated carbocycles. The lowest BCUT2D eigenvalue weighted by atomic mass is 10.0. The highest BCUT2D eigenvalue weighted by Crippen LogP contribution is 2.36. The molecule has 3 aromatic rings. The highest BCUT2D eigenvalue weighted by Gasteiger charge is 2.36. The fourth-order valence-corrected chi connectivity index (χ4v) is 3.62. The minimum absolute atomic E-state index is 0.0131. The summed E-state index contributed by atoms with van der Waals surface area (Å²) in [5.74, 6) is -0.206. The van der Waals surface area contributed by atoms with Gasteiger partial charge in [-0.05, 0) is 37.8 Å². The molecule has 0 aromatic carbocycles. The number of anilines is 3. The second-order valence-corrected chi connectivity index (χ2v) is 7.80. The minimum Gasteiger partial charge on any atom is -0.479 e. The highest BCUT2D eigenvalue weighted by molar-refractivity contribution is 5.67. The van der Waals surface area contributed by atoms with Crippen LogP contribution in [-0.2, 0) is 0 Å². The molecule has 4 rings (SSSR count). The van der Waals surface area contributed by atoms with Crippen LogP contribution in [0.5, 0.6) is 5.88 Å². The number of amides is 1. The molecule has 13 heteroatoms. The van der Waals surface area contributed by atoms with Crippen LogP contribution in [0.4, 0.5) is 26.5 Å². The number of carbonyl (C=O) groups is 1. The summed E-state index contributed by atoms with van der Waals surface area (Å²) in [5, 5.41) is 34.7. The number of halogens is 1. The van der Waals surface area contributed by atoms with Gasteiger partial charge in [-0.2, -0.15) is 5.26 Å². The predicted octanol–water partition coefficient (Wildman–Crippen LogP) is 2.67. The first kappa shape index (κ1) is 22.7. The Hall–Kier alpha value is -4.47. The molecule has 3 heterocycles. The van der Waals surface area contributed by atoms with Gasteiger partial charge in [0.05, 0.1) is 43.0 Å². The van der Waals surface area contributed by atoms with Gasteiger partial charge in [-0.25, -0.2) is 23.8 Å². The molecule has 0 bridgehead atoms. The van der Waals surface area contributed by atoms with E-state index in [0.29, 0.717) is 17.3 Å². The van der Waals surface area contributed by atoms with E-state index >= 15 is 0 Å². The molecule has 4 N–H and O–H groups in total. The Morgan fingerprint density at radius 2 is 2.18 bits per heavy atom. The molecule has 1 fully saturated rings. The third-order valence-electron chi connectivity index (χ3n) is 5.38. The summed E-state index contributed by atoms with van der Waals surface area (Å²) < 4.78 is 21.5. The first-order valence-electron chi connectivity index (χ1n) is 10.4. The second-order valence-electron chi connectivity index (χ2n) is 7.80. The number of ether oxygens (including phenoxy) is 1. The number of carboxylic acid groups (broad SMARTS) is 1. The van der Waals surface area contributed by atoms with Gasteiger partial charge < -0.3 is 25.8 Å². The Labute approximate surface area is 193 Å². The molecule has 0 aliphatic heterocycles. The normalized spacial score (nSPS) is 14.5. The van der Waals surface area contributed by atoms with Crippen molar-refractivity contribution in [3.8, 4) is 17.6 Å². The van der Waals surface area contributed by atoms with E-state index in [1.54, 1.807) is 19.2 Å². The maximum atomic E-state index is 14.8. The van der Waals surface area contributed by atoms with Crippen molar-refractivity contribution in [2.45, 2.75) is 31.8 Å². The Morgan fingerprint density at radius 1 is 1.38 bits per heavy atom. The van der Waals surface area contributed by atoms with Crippen molar-refractivity contribution >= 4 is 23.4 Å². The largest absolute Gasteiger partial charge is 0.479 e. The molecule has 1 aliphatic rings. The molecule has 176 valence electrons. The summed E-state index contributed by atoms with van der Waals surface area (Å²) in [6.07, 6.45) is 5.23. The lowest BCUT2D eigenvalue weighted by molar-refractivity contribution is 0.188. The lowest BCUT2D eigenvalue weighted by Crippen LogP contribution is -2.45. The van der Waals surface area contributed by atoms with Gasteiger partial charge in [0.15, 0.2) is 17.5 Å². The molecule has 0 unspecified atom stereocenters. The Morgan fingerprint density at radius 3 is 2.79 bits per heavy atom. The van der Waals surface area contributed by atoms with Crippen LogP contribution in [0.1, 0.15) is 25.3 Å². The molecule has 0 spiro atoms. The van der Waals surface area contributed by atoms with Crippen LogP contribution in [0.25, 0.3) is 5.69 Å². The molecule has 0 saturated heterocycles. The van der Waals surface area contributed by atoms with Crippen LogP contribution in [0.2, 0.25) is 0 Å². The van der Waals surface area contributed by atoms with Gasteiger partial charge in [0.25, 0.3) is 0 Å². The topological polar surface area (TPSA) is 163 Å². The number of nitriles is 1. The summed E-state index contributed by atoms with van der Waals surface area (Å²) in [7, 11) is 1.47. The molecule has 2 atom stereocenters. The van der Waals surface area contributed by atoms with Crippen molar-refractivity contribution in [2.75, 3.05) is 17.7 Å². The van der Waals surface area contributed by atoms with Crippen molar-refractivity contribution in [2.24, 2.45) is 5.92 Å². The van der Waals surface area contributed by atoms with Gasteiger partial charge in [0, 0.05) is 6.04 Å². The molecular weight excluding hydrogens is 445 g/mol. The molecule has 12 nitrogen and oxygen atoms in total. The number of rotatable bonds is 9. The number of nitrogens with one attached hydrogen (secondary N) is 3. The van der Waals surface area contributed by atoms with Gasteiger partial charge in [0.1, 0.15) is 11.8 Å². The van der Waals surface area contributed by atoms with Crippen LogP contribution < -0.4 is 20.7 Å².